The van der Waals surface area contributed by atoms with E-state index in [1.165, 1.54) is 0 Å². The van der Waals surface area contributed by atoms with E-state index in [9.17, 15) is 4.79 Å². The summed E-state index contributed by atoms with van der Waals surface area (Å²) in [5, 5.41) is 0. The Morgan fingerprint density at radius 2 is 1.65 bits per heavy atom. The average Bonchev–Trinajstić information content (AvgIpc) is 2.45. The summed E-state index contributed by atoms with van der Waals surface area (Å²) in [6.07, 6.45) is 0. The second-order valence-corrected chi connectivity index (χ2v) is 3.48. The van der Waals surface area contributed by atoms with Crippen molar-refractivity contribution in [3.05, 3.63) is 46.4 Å². The third-order valence-corrected chi connectivity index (χ3v) is 2.60. The van der Waals surface area contributed by atoms with E-state index in [1.807, 2.05) is 44.3 Å². The summed E-state index contributed by atoms with van der Waals surface area (Å²) in [6, 6.07) is 9.44. The summed E-state index contributed by atoms with van der Waals surface area (Å²) in [5.41, 5.74) is 7.43. The summed E-state index contributed by atoms with van der Waals surface area (Å²) in [4.78, 5) is 11.8. The van der Waals surface area contributed by atoms with E-state index in [0.717, 1.165) is 11.4 Å². The number of para-hydroxylation sites is 1. The molecule has 0 fully saturated rings. The highest BCUT2D eigenvalue weighted by molar-refractivity contribution is 5.85. The van der Waals surface area contributed by atoms with Crippen LogP contribution in [0.4, 0.5) is 5.69 Å². The predicted octanol–water partition coefficient (Wildman–Crippen LogP) is 1.91. The first-order valence-electron chi connectivity index (χ1n) is 4.72. The van der Waals surface area contributed by atoms with Gasteiger partial charge in [0.05, 0.1) is 11.4 Å². The van der Waals surface area contributed by atoms with E-state index in [0.29, 0.717) is 5.69 Å². The van der Waals surface area contributed by atoms with Gasteiger partial charge in [0.2, 0.25) is 0 Å². The highest BCUT2D eigenvalue weighted by atomic mass is 35.5. The van der Waals surface area contributed by atoms with Crippen LogP contribution in [0.15, 0.2) is 35.1 Å². The first kappa shape index (κ1) is 15.6. The predicted molar refractivity (Wildman–Crippen MR) is 74.7 cm³/mol. The van der Waals surface area contributed by atoms with Gasteiger partial charge in [-0.25, -0.2) is 4.68 Å². The summed E-state index contributed by atoms with van der Waals surface area (Å²) < 4.78 is 3.32. The number of nitrogens with zero attached hydrogens (tertiary/aromatic N) is 2. The lowest BCUT2D eigenvalue weighted by atomic mass is 10.3. The lowest BCUT2D eigenvalue weighted by Gasteiger charge is -2.07. The van der Waals surface area contributed by atoms with Crippen LogP contribution in [-0.2, 0) is 7.05 Å². The molecular formula is C11H15Cl2N3O. The van der Waals surface area contributed by atoms with Crippen molar-refractivity contribution >= 4 is 30.5 Å². The molecule has 0 aliphatic carbocycles. The topological polar surface area (TPSA) is 53.0 Å². The molecular weight excluding hydrogens is 261 g/mol. The number of hydrogen-bond donors (Lipinski definition) is 1. The van der Waals surface area contributed by atoms with Crippen LogP contribution in [0.2, 0.25) is 0 Å². The van der Waals surface area contributed by atoms with Crippen LogP contribution in [0, 0.1) is 6.92 Å². The molecule has 0 saturated carbocycles. The largest absolute Gasteiger partial charge is 0.393 e. The maximum atomic E-state index is 11.8. The Balaban J connectivity index is 0.00000128. The zero-order chi connectivity index (χ0) is 11.0. The van der Waals surface area contributed by atoms with Gasteiger partial charge in [0.15, 0.2) is 0 Å². The smallest absolute Gasteiger partial charge is 0.294 e. The van der Waals surface area contributed by atoms with E-state index in [-0.39, 0.29) is 30.4 Å². The van der Waals surface area contributed by atoms with Crippen molar-refractivity contribution in [2.75, 3.05) is 5.73 Å². The van der Waals surface area contributed by atoms with Crippen molar-refractivity contribution in [2.45, 2.75) is 6.92 Å². The number of rotatable bonds is 1. The van der Waals surface area contributed by atoms with Gasteiger partial charge in [-0.2, -0.15) is 0 Å². The first-order chi connectivity index (χ1) is 7.13. The Kier molecular flexibility index (Phi) is 5.32. The Bertz CT molecular complexity index is 546. The molecule has 2 aromatic rings. The molecule has 1 heterocycles. The van der Waals surface area contributed by atoms with Gasteiger partial charge in [-0.3, -0.25) is 9.48 Å². The highest BCUT2D eigenvalue weighted by Crippen LogP contribution is 2.10. The van der Waals surface area contributed by atoms with E-state index in [4.69, 9.17) is 5.73 Å². The van der Waals surface area contributed by atoms with Crippen molar-refractivity contribution in [2.24, 2.45) is 7.05 Å². The van der Waals surface area contributed by atoms with Crippen molar-refractivity contribution in [1.82, 2.24) is 9.36 Å². The van der Waals surface area contributed by atoms with E-state index in [1.54, 1.807) is 9.36 Å². The molecule has 94 valence electrons. The minimum absolute atomic E-state index is 0. The summed E-state index contributed by atoms with van der Waals surface area (Å²) in [5.74, 6) is 0. The minimum atomic E-state index is -0.166. The third-order valence-electron chi connectivity index (χ3n) is 2.60. The van der Waals surface area contributed by atoms with Gasteiger partial charge in [0.1, 0.15) is 5.69 Å². The first-order valence-corrected chi connectivity index (χ1v) is 4.72. The van der Waals surface area contributed by atoms with E-state index < -0.39 is 0 Å². The van der Waals surface area contributed by atoms with E-state index >= 15 is 0 Å². The molecule has 0 bridgehead atoms. The molecule has 0 saturated heterocycles. The quantitative estimate of drug-likeness (QED) is 0.865. The Labute approximate surface area is 112 Å². The zero-order valence-corrected chi connectivity index (χ0v) is 11.2. The van der Waals surface area contributed by atoms with Crippen molar-refractivity contribution in [1.29, 1.82) is 0 Å². The molecule has 6 heteroatoms. The molecule has 17 heavy (non-hydrogen) atoms. The fourth-order valence-corrected chi connectivity index (χ4v) is 1.59. The summed E-state index contributed by atoms with van der Waals surface area (Å²) >= 11 is 0. The molecule has 0 aliphatic heterocycles. The van der Waals surface area contributed by atoms with Crippen LogP contribution >= 0.6 is 24.8 Å². The van der Waals surface area contributed by atoms with Crippen LogP contribution in [0.3, 0.4) is 0 Å². The number of nitrogen functional groups attached to an aromatic ring is 1. The number of anilines is 1. The minimum Gasteiger partial charge on any atom is -0.393 e. The van der Waals surface area contributed by atoms with Gasteiger partial charge in [0.25, 0.3) is 5.56 Å². The maximum Gasteiger partial charge on any atom is 0.294 e. The number of halogens is 2. The fraction of sp³-hybridized carbons (Fsp3) is 0.182. The van der Waals surface area contributed by atoms with Gasteiger partial charge in [-0.15, -0.1) is 24.8 Å². The fourth-order valence-electron chi connectivity index (χ4n) is 1.59. The number of aromatic nitrogens is 2. The molecule has 0 atom stereocenters. The maximum absolute atomic E-state index is 11.8. The molecule has 0 unspecified atom stereocenters. The third kappa shape index (κ3) is 2.48. The molecule has 2 N–H and O–H groups in total. The summed E-state index contributed by atoms with van der Waals surface area (Å²) in [6.45, 7) is 1.83. The van der Waals surface area contributed by atoms with Gasteiger partial charge < -0.3 is 5.73 Å². The van der Waals surface area contributed by atoms with Crippen molar-refractivity contribution in [3.63, 3.8) is 0 Å². The Morgan fingerprint density at radius 1 is 1.12 bits per heavy atom. The zero-order valence-electron chi connectivity index (χ0n) is 9.58. The lowest BCUT2D eigenvalue weighted by molar-refractivity contribution is 0.630. The van der Waals surface area contributed by atoms with Crippen LogP contribution < -0.4 is 11.3 Å². The van der Waals surface area contributed by atoms with Crippen molar-refractivity contribution in [3.8, 4) is 5.69 Å². The molecule has 4 nitrogen and oxygen atoms in total. The SMILES string of the molecule is Cc1c(N)c(=O)n(-c2ccccc2)n1C.Cl.Cl. The molecule has 0 radical (unpaired) electrons. The second-order valence-electron chi connectivity index (χ2n) is 3.48. The van der Waals surface area contributed by atoms with Gasteiger partial charge >= 0.3 is 0 Å². The standard InChI is InChI=1S/C11H13N3O.2ClH/c1-8-10(12)11(15)14(13(8)2)9-6-4-3-5-7-9;;/h3-7H,12H2,1-2H3;2*1H. The van der Waals surface area contributed by atoms with Gasteiger partial charge in [0, 0.05) is 7.05 Å². The van der Waals surface area contributed by atoms with Crippen LogP contribution in [-0.4, -0.2) is 9.36 Å². The summed E-state index contributed by atoms with van der Waals surface area (Å²) in [7, 11) is 1.82. The molecule has 0 spiro atoms. The normalized spacial score (nSPS) is 9.29. The Hall–Kier alpha value is -1.39. The van der Waals surface area contributed by atoms with Crippen LogP contribution in [0.1, 0.15) is 5.69 Å². The molecule has 1 aromatic heterocycles. The van der Waals surface area contributed by atoms with Crippen LogP contribution in [0.25, 0.3) is 5.69 Å². The Morgan fingerprint density at radius 3 is 2.06 bits per heavy atom. The number of hydrogen-bond acceptors (Lipinski definition) is 2. The number of nitrogens with two attached hydrogens (primary N) is 1. The molecule has 0 aliphatic rings. The van der Waals surface area contributed by atoms with Gasteiger partial charge in [-0.1, -0.05) is 18.2 Å². The van der Waals surface area contributed by atoms with Crippen molar-refractivity contribution < 1.29 is 0 Å². The average molecular weight is 276 g/mol. The molecule has 0 amide bonds. The highest BCUT2D eigenvalue weighted by Gasteiger charge is 2.12. The lowest BCUT2D eigenvalue weighted by Crippen LogP contribution is -2.20. The monoisotopic (exact) mass is 275 g/mol. The second kappa shape index (κ2) is 5.80. The van der Waals surface area contributed by atoms with Crippen LogP contribution in [0.5, 0.6) is 0 Å². The number of benzene rings is 1. The van der Waals surface area contributed by atoms with Gasteiger partial charge in [-0.05, 0) is 19.1 Å². The van der Waals surface area contributed by atoms with E-state index in [2.05, 4.69) is 0 Å². The molecule has 2 rings (SSSR count). The molecule has 1 aromatic carbocycles.